The second kappa shape index (κ2) is 1.47. The Labute approximate surface area is 54.8 Å². The minimum absolute atomic E-state index is 0.273. The van der Waals surface area contributed by atoms with Gasteiger partial charge in [0.2, 0.25) is 0 Å². The number of ketones is 1. The third kappa shape index (κ3) is 0.521. The van der Waals surface area contributed by atoms with E-state index < -0.39 is 0 Å². The number of carbonyl (C=O) groups excluding carboxylic acids is 1. The van der Waals surface area contributed by atoms with Crippen LogP contribution >= 0.6 is 0 Å². The van der Waals surface area contributed by atoms with Gasteiger partial charge < -0.3 is 0 Å². The predicted molar refractivity (Wildman–Crippen MR) is 35.0 cm³/mol. The van der Waals surface area contributed by atoms with Crippen LogP contribution in [0.2, 0.25) is 0 Å². The molecule has 48 valence electrons. The van der Waals surface area contributed by atoms with E-state index >= 15 is 0 Å². The number of hydrogen-bond acceptors (Lipinski definition) is 1. The highest BCUT2D eigenvalue weighted by Gasteiger charge is 2.42. The van der Waals surface area contributed by atoms with Gasteiger partial charge in [-0.3, -0.25) is 4.79 Å². The monoisotopic (exact) mass is 122 g/mol. The maximum atomic E-state index is 11.1. The van der Waals surface area contributed by atoms with E-state index in [-0.39, 0.29) is 5.92 Å². The van der Waals surface area contributed by atoms with Crippen molar-refractivity contribution in [3.63, 3.8) is 0 Å². The standard InChI is InChI=1S/C8H10O/c1-5-4-6-2-3-7(5)8(6)9/h6-7H,1-4H2. The molecule has 1 heteroatoms. The second-order valence-corrected chi connectivity index (χ2v) is 3.09. The number of fused-ring (bicyclic) bond motifs is 2. The van der Waals surface area contributed by atoms with Crippen LogP contribution in [0.1, 0.15) is 19.3 Å². The Hall–Kier alpha value is -0.590. The van der Waals surface area contributed by atoms with Crippen LogP contribution in [0.5, 0.6) is 0 Å². The highest BCUT2D eigenvalue weighted by atomic mass is 16.1. The smallest absolute Gasteiger partial charge is 0.143 e. The molecule has 0 N–H and O–H groups in total. The zero-order chi connectivity index (χ0) is 6.43. The molecule has 1 nitrogen and oxygen atoms in total. The van der Waals surface area contributed by atoms with Crippen molar-refractivity contribution < 1.29 is 4.79 Å². The topological polar surface area (TPSA) is 17.1 Å². The molecular weight excluding hydrogens is 112 g/mol. The van der Waals surface area contributed by atoms with Gasteiger partial charge in [0.05, 0.1) is 0 Å². The summed E-state index contributed by atoms with van der Waals surface area (Å²) >= 11 is 0. The molecule has 2 unspecified atom stereocenters. The van der Waals surface area contributed by atoms with E-state index in [1.54, 1.807) is 0 Å². The molecule has 2 fully saturated rings. The molecule has 2 aliphatic carbocycles. The average molecular weight is 122 g/mol. The largest absolute Gasteiger partial charge is 0.299 e. The van der Waals surface area contributed by atoms with Gasteiger partial charge in [-0.2, -0.15) is 0 Å². The molecular formula is C8H10O. The Balaban J connectivity index is 2.36. The van der Waals surface area contributed by atoms with Crippen molar-refractivity contribution in [2.24, 2.45) is 11.8 Å². The zero-order valence-electron chi connectivity index (χ0n) is 5.39. The van der Waals surface area contributed by atoms with Crippen LogP contribution in [0.4, 0.5) is 0 Å². The number of rotatable bonds is 0. The summed E-state index contributed by atoms with van der Waals surface area (Å²) in [5.74, 6) is 1.12. The molecule has 0 amide bonds. The number of hydrogen-bond donors (Lipinski definition) is 0. The quantitative estimate of drug-likeness (QED) is 0.445. The van der Waals surface area contributed by atoms with Crippen molar-refractivity contribution >= 4 is 5.78 Å². The lowest BCUT2D eigenvalue weighted by Crippen LogP contribution is -2.01. The number of carbonyl (C=O) groups is 1. The fraction of sp³-hybridized carbons (Fsp3) is 0.625. The van der Waals surface area contributed by atoms with E-state index in [9.17, 15) is 4.79 Å². The Bertz CT molecular complexity index is 181. The van der Waals surface area contributed by atoms with Crippen molar-refractivity contribution in [2.45, 2.75) is 19.3 Å². The van der Waals surface area contributed by atoms with Crippen molar-refractivity contribution in [2.75, 3.05) is 0 Å². The molecule has 0 radical (unpaired) electrons. The third-order valence-electron chi connectivity index (χ3n) is 2.55. The number of Topliss-reactive ketones (excluding diaryl/α,β-unsaturated/α-hetero) is 1. The maximum Gasteiger partial charge on any atom is 0.143 e. The van der Waals surface area contributed by atoms with Crippen molar-refractivity contribution in [3.8, 4) is 0 Å². The molecule has 0 heterocycles. The van der Waals surface area contributed by atoms with Gasteiger partial charge in [0.15, 0.2) is 0 Å². The van der Waals surface area contributed by atoms with Gasteiger partial charge in [0.1, 0.15) is 5.78 Å². The lowest BCUT2D eigenvalue weighted by molar-refractivity contribution is -0.121. The van der Waals surface area contributed by atoms with E-state index in [0.717, 1.165) is 19.3 Å². The molecule has 2 atom stereocenters. The van der Waals surface area contributed by atoms with Gasteiger partial charge in [0, 0.05) is 11.8 Å². The summed E-state index contributed by atoms with van der Waals surface area (Å²) < 4.78 is 0. The molecule has 0 aromatic rings. The highest BCUT2D eigenvalue weighted by molar-refractivity contribution is 5.91. The Morgan fingerprint density at radius 1 is 1.44 bits per heavy atom. The summed E-state index contributed by atoms with van der Waals surface area (Å²) in [4.78, 5) is 11.1. The minimum Gasteiger partial charge on any atom is -0.299 e. The second-order valence-electron chi connectivity index (χ2n) is 3.09. The molecule has 2 saturated carbocycles. The van der Waals surface area contributed by atoms with Crippen molar-refractivity contribution in [3.05, 3.63) is 12.2 Å². The molecule has 0 aliphatic heterocycles. The first-order valence-corrected chi connectivity index (χ1v) is 3.50. The first kappa shape index (κ1) is 5.21. The predicted octanol–water partition coefficient (Wildman–Crippen LogP) is 1.54. The van der Waals surface area contributed by atoms with Crippen molar-refractivity contribution in [1.82, 2.24) is 0 Å². The van der Waals surface area contributed by atoms with E-state index in [0.29, 0.717) is 11.7 Å². The summed E-state index contributed by atoms with van der Waals surface area (Å²) in [7, 11) is 0. The fourth-order valence-corrected chi connectivity index (χ4v) is 2.00. The van der Waals surface area contributed by atoms with Gasteiger partial charge in [0.25, 0.3) is 0 Å². The first-order valence-electron chi connectivity index (χ1n) is 3.50. The first-order chi connectivity index (χ1) is 4.29. The highest BCUT2D eigenvalue weighted by Crippen LogP contribution is 2.43. The van der Waals surface area contributed by atoms with Gasteiger partial charge in [-0.1, -0.05) is 12.2 Å². The minimum atomic E-state index is 0.273. The summed E-state index contributed by atoms with van der Waals surface area (Å²) in [6.45, 7) is 3.87. The van der Waals surface area contributed by atoms with E-state index in [1.807, 2.05) is 0 Å². The lowest BCUT2D eigenvalue weighted by atomic mass is 9.96. The normalized spacial score (nSPS) is 40.4. The van der Waals surface area contributed by atoms with Crippen LogP contribution < -0.4 is 0 Å². The maximum absolute atomic E-state index is 11.1. The fourth-order valence-electron chi connectivity index (χ4n) is 2.00. The van der Waals surface area contributed by atoms with Crippen LogP contribution in [0.15, 0.2) is 12.2 Å². The summed E-state index contributed by atoms with van der Waals surface area (Å²) in [5, 5.41) is 0. The van der Waals surface area contributed by atoms with Crippen LogP contribution in [0.25, 0.3) is 0 Å². The number of allylic oxidation sites excluding steroid dienone is 1. The van der Waals surface area contributed by atoms with E-state index in [4.69, 9.17) is 0 Å². The Morgan fingerprint density at radius 2 is 2.22 bits per heavy atom. The van der Waals surface area contributed by atoms with Crippen LogP contribution in [0.3, 0.4) is 0 Å². The molecule has 0 aromatic heterocycles. The van der Waals surface area contributed by atoms with Crippen LogP contribution in [-0.4, -0.2) is 5.78 Å². The SMILES string of the molecule is C=C1CC2CCC1C2=O. The lowest BCUT2D eigenvalue weighted by Gasteiger charge is -2.07. The van der Waals surface area contributed by atoms with E-state index in [1.165, 1.54) is 5.57 Å². The summed E-state index contributed by atoms with van der Waals surface area (Å²) in [5.41, 5.74) is 1.19. The van der Waals surface area contributed by atoms with Crippen LogP contribution in [0, 0.1) is 11.8 Å². The third-order valence-corrected chi connectivity index (χ3v) is 2.55. The van der Waals surface area contributed by atoms with Crippen LogP contribution in [-0.2, 0) is 4.79 Å². The van der Waals surface area contributed by atoms with Crippen molar-refractivity contribution in [1.29, 1.82) is 0 Å². The van der Waals surface area contributed by atoms with E-state index in [2.05, 4.69) is 6.58 Å². The van der Waals surface area contributed by atoms with Gasteiger partial charge in [-0.15, -0.1) is 0 Å². The van der Waals surface area contributed by atoms with Gasteiger partial charge >= 0.3 is 0 Å². The molecule has 0 saturated heterocycles. The molecule has 2 aliphatic rings. The average Bonchev–Trinajstić information content (AvgIpc) is 2.25. The van der Waals surface area contributed by atoms with Gasteiger partial charge in [-0.25, -0.2) is 0 Å². The molecule has 0 spiro atoms. The van der Waals surface area contributed by atoms with Gasteiger partial charge in [-0.05, 0) is 19.3 Å². The summed E-state index contributed by atoms with van der Waals surface area (Å²) in [6.07, 6.45) is 3.20. The molecule has 0 aromatic carbocycles. The molecule has 9 heavy (non-hydrogen) atoms. The Kier molecular flexibility index (Phi) is 0.850. The Morgan fingerprint density at radius 3 is 2.44 bits per heavy atom. The summed E-state index contributed by atoms with van der Waals surface area (Å²) in [6, 6.07) is 0. The molecule has 2 bridgehead atoms. The molecule has 2 rings (SSSR count). The zero-order valence-corrected chi connectivity index (χ0v) is 5.39.